The first-order valence-corrected chi connectivity index (χ1v) is 5.92. The number of furan rings is 1. The molecule has 0 saturated carbocycles. The van der Waals surface area contributed by atoms with Crippen LogP contribution in [0.5, 0.6) is 0 Å². The van der Waals surface area contributed by atoms with Gasteiger partial charge in [-0.25, -0.2) is 4.79 Å². The molecule has 0 unspecified atom stereocenters. The zero-order valence-corrected chi connectivity index (χ0v) is 11.0. The van der Waals surface area contributed by atoms with Crippen LogP contribution in [-0.2, 0) is 0 Å². The number of hydrogen-bond donors (Lipinski definition) is 1. The first-order chi connectivity index (χ1) is 8.49. The maximum absolute atomic E-state index is 12.0. The summed E-state index contributed by atoms with van der Waals surface area (Å²) in [5, 5.41) is 8.72. The number of aromatic carboxylic acids is 1. The van der Waals surface area contributed by atoms with Crippen LogP contribution in [0.1, 0.15) is 32.2 Å². The van der Waals surface area contributed by atoms with E-state index in [1.165, 1.54) is 12.1 Å². The molecule has 0 fully saturated rings. The van der Waals surface area contributed by atoms with Gasteiger partial charge >= 0.3 is 5.97 Å². The van der Waals surface area contributed by atoms with Crippen molar-refractivity contribution in [2.75, 3.05) is 0 Å². The van der Waals surface area contributed by atoms with Gasteiger partial charge in [-0.1, -0.05) is 15.9 Å². The van der Waals surface area contributed by atoms with Gasteiger partial charge < -0.3 is 9.52 Å². The second-order valence-electron chi connectivity index (χ2n) is 3.76. The average Bonchev–Trinajstić information content (AvgIpc) is 2.81. The van der Waals surface area contributed by atoms with E-state index >= 15 is 0 Å². The van der Waals surface area contributed by atoms with Crippen molar-refractivity contribution in [3.63, 3.8) is 0 Å². The predicted molar refractivity (Wildman–Crippen MR) is 68.0 cm³/mol. The Bertz CT molecular complexity index is 628. The lowest BCUT2D eigenvalue weighted by molar-refractivity contribution is 0.0660. The second-order valence-corrected chi connectivity index (χ2v) is 4.62. The van der Waals surface area contributed by atoms with E-state index in [4.69, 9.17) is 9.52 Å². The molecule has 1 heterocycles. The first kappa shape index (κ1) is 12.6. The number of carboxylic acids is 1. The van der Waals surface area contributed by atoms with Crippen molar-refractivity contribution < 1.29 is 19.1 Å². The summed E-state index contributed by atoms with van der Waals surface area (Å²) in [6, 6.07) is 7.77. The number of carbonyl (C=O) groups excluding carboxylic acids is 1. The topological polar surface area (TPSA) is 67.5 Å². The molecular weight excluding hydrogens is 300 g/mol. The van der Waals surface area contributed by atoms with Crippen molar-refractivity contribution >= 4 is 27.7 Å². The number of aryl methyl sites for hydroxylation is 1. The van der Waals surface area contributed by atoms with Gasteiger partial charge in [0, 0.05) is 10.0 Å². The summed E-state index contributed by atoms with van der Waals surface area (Å²) in [5.41, 5.74) is 1.38. The molecule has 18 heavy (non-hydrogen) atoms. The van der Waals surface area contributed by atoms with E-state index in [1.807, 2.05) is 6.92 Å². The van der Waals surface area contributed by atoms with Gasteiger partial charge in [-0.2, -0.15) is 0 Å². The van der Waals surface area contributed by atoms with Crippen LogP contribution in [0.15, 0.2) is 39.2 Å². The molecule has 0 aliphatic heterocycles. The van der Waals surface area contributed by atoms with Crippen LogP contribution in [0.3, 0.4) is 0 Å². The lowest BCUT2D eigenvalue weighted by atomic mass is 10.1. The van der Waals surface area contributed by atoms with E-state index in [1.54, 1.807) is 18.2 Å². The Kier molecular flexibility index (Phi) is 3.34. The summed E-state index contributed by atoms with van der Waals surface area (Å²) in [5.74, 6) is -1.75. The van der Waals surface area contributed by atoms with Crippen LogP contribution in [0, 0.1) is 6.92 Å². The fourth-order valence-electron chi connectivity index (χ4n) is 1.50. The van der Waals surface area contributed by atoms with Crippen LogP contribution >= 0.6 is 15.9 Å². The van der Waals surface area contributed by atoms with Gasteiger partial charge in [0.15, 0.2) is 5.76 Å². The van der Waals surface area contributed by atoms with Crippen LogP contribution in [-0.4, -0.2) is 16.9 Å². The van der Waals surface area contributed by atoms with Crippen molar-refractivity contribution in [3.05, 3.63) is 57.5 Å². The van der Waals surface area contributed by atoms with Crippen LogP contribution in [0.2, 0.25) is 0 Å². The monoisotopic (exact) mass is 308 g/mol. The van der Waals surface area contributed by atoms with Crippen molar-refractivity contribution in [1.82, 2.24) is 0 Å². The minimum atomic E-state index is -1.19. The number of carboxylic acid groups (broad SMARTS) is 1. The summed E-state index contributed by atoms with van der Waals surface area (Å²) in [4.78, 5) is 22.7. The second kappa shape index (κ2) is 4.78. The molecule has 0 bridgehead atoms. The maximum atomic E-state index is 12.0. The first-order valence-electron chi connectivity index (χ1n) is 5.13. The molecule has 5 heteroatoms. The number of carbonyl (C=O) groups is 2. The van der Waals surface area contributed by atoms with E-state index in [2.05, 4.69) is 15.9 Å². The van der Waals surface area contributed by atoms with Gasteiger partial charge in [-0.05, 0) is 42.8 Å². The quantitative estimate of drug-likeness (QED) is 0.884. The van der Waals surface area contributed by atoms with Crippen molar-refractivity contribution in [3.8, 4) is 0 Å². The standard InChI is InChI=1S/C13H9BrO4/c1-7-6-8(2-3-9(7)14)12(15)10-4-5-11(18-10)13(16)17/h2-6H,1H3,(H,16,17). The zero-order valence-electron chi connectivity index (χ0n) is 9.44. The molecule has 0 radical (unpaired) electrons. The summed E-state index contributed by atoms with van der Waals surface area (Å²) < 4.78 is 5.88. The molecule has 1 N–H and O–H groups in total. The number of ketones is 1. The summed E-state index contributed by atoms with van der Waals surface area (Å²) in [7, 11) is 0. The molecule has 92 valence electrons. The van der Waals surface area contributed by atoms with Crippen LogP contribution in [0.4, 0.5) is 0 Å². The molecule has 2 rings (SSSR count). The Morgan fingerprint density at radius 1 is 1.17 bits per heavy atom. The van der Waals surface area contributed by atoms with E-state index in [0.29, 0.717) is 5.56 Å². The van der Waals surface area contributed by atoms with E-state index in [-0.39, 0.29) is 17.3 Å². The Morgan fingerprint density at radius 2 is 1.83 bits per heavy atom. The summed E-state index contributed by atoms with van der Waals surface area (Å²) in [6.45, 7) is 1.87. The smallest absolute Gasteiger partial charge is 0.371 e. The van der Waals surface area contributed by atoms with Crippen LogP contribution in [0.25, 0.3) is 0 Å². The molecular formula is C13H9BrO4. The van der Waals surface area contributed by atoms with E-state index in [0.717, 1.165) is 10.0 Å². The van der Waals surface area contributed by atoms with Gasteiger partial charge in [0.05, 0.1) is 0 Å². The lowest BCUT2D eigenvalue weighted by Gasteiger charge is -2.01. The van der Waals surface area contributed by atoms with E-state index < -0.39 is 5.97 Å². The summed E-state index contributed by atoms with van der Waals surface area (Å²) in [6.07, 6.45) is 0. The van der Waals surface area contributed by atoms with Crippen molar-refractivity contribution in [2.45, 2.75) is 6.92 Å². The van der Waals surface area contributed by atoms with Gasteiger partial charge in [-0.3, -0.25) is 4.79 Å². The van der Waals surface area contributed by atoms with Gasteiger partial charge in [0.1, 0.15) is 0 Å². The fourth-order valence-corrected chi connectivity index (χ4v) is 1.75. The third-order valence-corrected chi connectivity index (χ3v) is 3.35. The normalized spacial score (nSPS) is 10.3. The Hall–Kier alpha value is -1.88. The molecule has 0 aliphatic carbocycles. The Labute approximate surface area is 111 Å². The molecule has 0 aliphatic rings. The molecule has 0 spiro atoms. The third-order valence-electron chi connectivity index (χ3n) is 2.46. The SMILES string of the molecule is Cc1cc(C(=O)c2ccc(C(=O)O)o2)ccc1Br. The number of rotatable bonds is 3. The van der Waals surface area contributed by atoms with Crippen LogP contribution < -0.4 is 0 Å². The molecule has 4 nitrogen and oxygen atoms in total. The van der Waals surface area contributed by atoms with Gasteiger partial charge in [-0.15, -0.1) is 0 Å². The lowest BCUT2D eigenvalue weighted by Crippen LogP contribution is -2.00. The molecule has 0 saturated heterocycles. The average molecular weight is 309 g/mol. The predicted octanol–water partition coefficient (Wildman–Crippen LogP) is 3.28. The van der Waals surface area contributed by atoms with Crippen molar-refractivity contribution in [1.29, 1.82) is 0 Å². The third kappa shape index (κ3) is 2.36. The molecule has 1 aromatic heterocycles. The molecule has 2 aromatic rings. The number of benzene rings is 1. The highest BCUT2D eigenvalue weighted by molar-refractivity contribution is 9.10. The Morgan fingerprint density at radius 3 is 2.39 bits per heavy atom. The largest absolute Gasteiger partial charge is 0.475 e. The molecule has 0 atom stereocenters. The number of hydrogen-bond acceptors (Lipinski definition) is 3. The highest BCUT2D eigenvalue weighted by Crippen LogP contribution is 2.20. The maximum Gasteiger partial charge on any atom is 0.371 e. The minimum absolute atomic E-state index is 0.0223. The minimum Gasteiger partial charge on any atom is -0.475 e. The fraction of sp³-hybridized carbons (Fsp3) is 0.0769. The highest BCUT2D eigenvalue weighted by atomic mass is 79.9. The molecule has 1 aromatic carbocycles. The van der Waals surface area contributed by atoms with Gasteiger partial charge in [0.2, 0.25) is 11.5 Å². The molecule has 0 amide bonds. The highest BCUT2D eigenvalue weighted by Gasteiger charge is 2.16. The van der Waals surface area contributed by atoms with E-state index in [9.17, 15) is 9.59 Å². The Balaban J connectivity index is 2.35. The van der Waals surface area contributed by atoms with Crippen molar-refractivity contribution in [2.24, 2.45) is 0 Å². The number of halogens is 1. The summed E-state index contributed by atoms with van der Waals surface area (Å²) >= 11 is 3.35. The zero-order chi connectivity index (χ0) is 13.3. The van der Waals surface area contributed by atoms with Gasteiger partial charge in [0.25, 0.3) is 0 Å².